The van der Waals surface area contributed by atoms with Crippen LogP contribution in [0.15, 0.2) is 24.3 Å². The molecule has 1 aromatic carbocycles. The van der Waals surface area contributed by atoms with Crippen molar-refractivity contribution in [1.82, 2.24) is 4.90 Å². The summed E-state index contributed by atoms with van der Waals surface area (Å²) in [6, 6.07) is 7.49. The van der Waals surface area contributed by atoms with Gasteiger partial charge < -0.3 is 10.1 Å². The molecule has 0 bridgehead atoms. The van der Waals surface area contributed by atoms with E-state index in [0.29, 0.717) is 11.7 Å². The highest BCUT2D eigenvalue weighted by Crippen LogP contribution is 2.40. The molecule has 1 heterocycles. The number of anilines is 1. The van der Waals surface area contributed by atoms with Gasteiger partial charge in [-0.2, -0.15) is 0 Å². The summed E-state index contributed by atoms with van der Waals surface area (Å²) in [5.41, 5.74) is 0.786. The zero-order valence-electron chi connectivity index (χ0n) is 13.0. The van der Waals surface area contributed by atoms with Crippen molar-refractivity contribution < 1.29 is 14.3 Å². The molecular weight excluding hydrogens is 280 g/mol. The van der Waals surface area contributed by atoms with Crippen molar-refractivity contribution in [3.05, 3.63) is 24.3 Å². The molecule has 0 radical (unpaired) electrons. The molecule has 5 heteroatoms. The lowest BCUT2D eigenvalue weighted by atomic mass is 9.76. The Kier molecular flexibility index (Phi) is 4.05. The minimum absolute atomic E-state index is 0.0238. The van der Waals surface area contributed by atoms with Gasteiger partial charge in [0.05, 0.1) is 31.3 Å². The number of hydrogen-bond acceptors (Lipinski definition) is 4. The van der Waals surface area contributed by atoms with E-state index >= 15 is 0 Å². The summed E-state index contributed by atoms with van der Waals surface area (Å²) in [7, 11) is 1.60. The number of benzene rings is 1. The van der Waals surface area contributed by atoms with Gasteiger partial charge in [-0.15, -0.1) is 0 Å². The number of carbonyl (C=O) groups is 2. The fourth-order valence-electron chi connectivity index (χ4n) is 3.57. The van der Waals surface area contributed by atoms with E-state index in [1.54, 1.807) is 7.11 Å². The number of amides is 2. The molecule has 5 nitrogen and oxygen atoms in total. The molecule has 22 heavy (non-hydrogen) atoms. The monoisotopic (exact) mass is 302 g/mol. The number of rotatable bonds is 4. The van der Waals surface area contributed by atoms with Gasteiger partial charge in [-0.05, 0) is 37.3 Å². The van der Waals surface area contributed by atoms with Gasteiger partial charge in [-0.3, -0.25) is 14.5 Å². The molecule has 0 unspecified atom stereocenters. The van der Waals surface area contributed by atoms with Crippen molar-refractivity contribution in [2.24, 2.45) is 17.8 Å². The molecule has 118 valence electrons. The molecule has 1 aromatic rings. The van der Waals surface area contributed by atoms with Crippen LogP contribution < -0.4 is 10.1 Å². The maximum Gasteiger partial charge on any atom is 0.234 e. The summed E-state index contributed by atoms with van der Waals surface area (Å²) in [5.74, 6) is 0.958. The highest BCUT2D eigenvalue weighted by atomic mass is 16.5. The first kappa shape index (κ1) is 14.9. The summed E-state index contributed by atoms with van der Waals surface area (Å²) in [6.45, 7) is 2.36. The van der Waals surface area contributed by atoms with Crippen LogP contribution in [0.2, 0.25) is 0 Å². The number of nitrogens with one attached hydrogen (secondary N) is 1. The second-order valence-electron chi connectivity index (χ2n) is 6.27. The Morgan fingerprint density at radius 2 is 1.91 bits per heavy atom. The Hall–Kier alpha value is -2.04. The van der Waals surface area contributed by atoms with Crippen LogP contribution in [0.5, 0.6) is 5.75 Å². The van der Waals surface area contributed by atoms with Crippen molar-refractivity contribution in [2.45, 2.75) is 26.2 Å². The van der Waals surface area contributed by atoms with E-state index < -0.39 is 0 Å². The van der Waals surface area contributed by atoms with E-state index in [-0.39, 0.29) is 30.3 Å². The zero-order chi connectivity index (χ0) is 15.7. The molecule has 1 aliphatic heterocycles. The van der Waals surface area contributed by atoms with Gasteiger partial charge in [-0.25, -0.2) is 0 Å². The van der Waals surface area contributed by atoms with E-state index in [9.17, 15) is 9.59 Å². The van der Waals surface area contributed by atoms with Gasteiger partial charge >= 0.3 is 0 Å². The lowest BCUT2D eigenvalue weighted by molar-refractivity contribution is -0.139. The van der Waals surface area contributed by atoms with Crippen LogP contribution in [-0.2, 0) is 9.59 Å². The molecule has 1 saturated carbocycles. The molecular formula is C17H22N2O3. The van der Waals surface area contributed by atoms with Crippen molar-refractivity contribution in [2.75, 3.05) is 19.1 Å². The number of fused-ring (bicyclic) bond motifs is 1. The van der Waals surface area contributed by atoms with Gasteiger partial charge in [0, 0.05) is 0 Å². The normalized spacial score (nSPS) is 27.7. The molecule has 3 rings (SSSR count). The van der Waals surface area contributed by atoms with E-state index in [2.05, 4.69) is 12.2 Å². The Balaban J connectivity index is 1.70. The number of likely N-dealkylation sites (tertiary alicyclic amines) is 1. The summed E-state index contributed by atoms with van der Waals surface area (Å²) < 4.78 is 5.27. The first-order valence-corrected chi connectivity index (χ1v) is 7.84. The maximum absolute atomic E-state index is 12.5. The average molecular weight is 302 g/mol. The van der Waals surface area contributed by atoms with Crippen LogP contribution in [0, 0.1) is 17.8 Å². The predicted octanol–water partition coefficient (Wildman–Crippen LogP) is 2.49. The van der Waals surface area contributed by atoms with Crippen molar-refractivity contribution in [3.8, 4) is 5.75 Å². The van der Waals surface area contributed by atoms with Gasteiger partial charge in [0.2, 0.25) is 11.8 Å². The summed E-state index contributed by atoms with van der Waals surface area (Å²) in [6.07, 6.45) is 2.70. The standard InChI is InChI=1S/C17H22N2O3/c1-11-7-8-12-13(9-11)17(21)19(16(12)20)10-18-14-5-3-4-6-15(14)22-2/h3-6,11-13,18H,7-10H2,1-2H3/t11-,12+,13-/m0/s1. The minimum Gasteiger partial charge on any atom is -0.495 e. The number of carbonyl (C=O) groups excluding carboxylic acids is 2. The molecule has 1 N–H and O–H groups in total. The van der Waals surface area contributed by atoms with E-state index in [0.717, 1.165) is 24.9 Å². The van der Waals surface area contributed by atoms with Gasteiger partial charge in [-0.1, -0.05) is 19.1 Å². The van der Waals surface area contributed by atoms with Crippen molar-refractivity contribution in [1.29, 1.82) is 0 Å². The van der Waals surface area contributed by atoms with Crippen molar-refractivity contribution >= 4 is 17.5 Å². The molecule has 2 fully saturated rings. The second kappa shape index (κ2) is 5.99. The van der Waals surface area contributed by atoms with Crippen molar-refractivity contribution in [3.63, 3.8) is 0 Å². The highest BCUT2D eigenvalue weighted by Gasteiger charge is 2.49. The summed E-state index contributed by atoms with van der Waals surface area (Å²) >= 11 is 0. The number of para-hydroxylation sites is 2. The fraction of sp³-hybridized carbons (Fsp3) is 0.529. The second-order valence-corrected chi connectivity index (χ2v) is 6.27. The Bertz CT molecular complexity index is 587. The first-order chi connectivity index (χ1) is 10.6. The quantitative estimate of drug-likeness (QED) is 0.868. The van der Waals surface area contributed by atoms with Crippen LogP contribution in [0.1, 0.15) is 26.2 Å². The Labute approximate surface area is 130 Å². The topological polar surface area (TPSA) is 58.6 Å². The molecule has 2 amide bonds. The number of ether oxygens (including phenoxy) is 1. The number of hydrogen-bond donors (Lipinski definition) is 1. The number of methoxy groups -OCH3 is 1. The fourth-order valence-corrected chi connectivity index (χ4v) is 3.57. The van der Waals surface area contributed by atoms with E-state index in [1.807, 2.05) is 24.3 Å². The molecule has 1 saturated heterocycles. The predicted molar refractivity (Wildman–Crippen MR) is 83.3 cm³/mol. The first-order valence-electron chi connectivity index (χ1n) is 7.84. The molecule has 3 atom stereocenters. The molecule has 1 aliphatic carbocycles. The van der Waals surface area contributed by atoms with E-state index in [4.69, 9.17) is 4.74 Å². The van der Waals surface area contributed by atoms with Crippen LogP contribution >= 0.6 is 0 Å². The summed E-state index contributed by atoms with van der Waals surface area (Å²) in [5, 5.41) is 3.15. The smallest absolute Gasteiger partial charge is 0.234 e. The van der Waals surface area contributed by atoms with Gasteiger partial charge in [0.1, 0.15) is 5.75 Å². The molecule has 2 aliphatic rings. The molecule has 0 spiro atoms. The van der Waals surface area contributed by atoms with Gasteiger partial charge in [0.25, 0.3) is 0 Å². The third-order valence-corrected chi connectivity index (χ3v) is 4.81. The SMILES string of the molecule is COc1ccccc1NCN1C(=O)[C@H]2C[C@@H](C)CC[C@H]2C1=O. The summed E-state index contributed by atoms with van der Waals surface area (Å²) in [4.78, 5) is 26.3. The third kappa shape index (κ3) is 2.56. The Morgan fingerprint density at radius 3 is 2.68 bits per heavy atom. The van der Waals surface area contributed by atoms with Gasteiger partial charge in [0.15, 0.2) is 0 Å². The highest BCUT2D eigenvalue weighted by molar-refractivity contribution is 6.05. The van der Waals surface area contributed by atoms with Crippen LogP contribution in [-0.4, -0.2) is 30.5 Å². The zero-order valence-corrected chi connectivity index (χ0v) is 13.0. The minimum atomic E-state index is -0.115. The average Bonchev–Trinajstić information content (AvgIpc) is 2.76. The lowest BCUT2D eigenvalue weighted by Gasteiger charge is -2.25. The largest absolute Gasteiger partial charge is 0.495 e. The number of nitrogens with zero attached hydrogens (tertiary/aromatic N) is 1. The van der Waals surface area contributed by atoms with E-state index in [1.165, 1.54) is 4.90 Å². The van der Waals surface area contributed by atoms with Crippen LogP contribution in [0.25, 0.3) is 0 Å². The lowest BCUT2D eigenvalue weighted by Crippen LogP contribution is -2.35. The maximum atomic E-state index is 12.5. The number of imide groups is 1. The third-order valence-electron chi connectivity index (χ3n) is 4.81. The van der Waals surface area contributed by atoms with Crippen LogP contribution in [0.4, 0.5) is 5.69 Å². The molecule has 0 aromatic heterocycles. The van der Waals surface area contributed by atoms with Crippen LogP contribution in [0.3, 0.4) is 0 Å². The Morgan fingerprint density at radius 1 is 1.18 bits per heavy atom.